The summed E-state index contributed by atoms with van der Waals surface area (Å²) in [6.07, 6.45) is 5.84. The quantitative estimate of drug-likeness (QED) is 0.751. The summed E-state index contributed by atoms with van der Waals surface area (Å²) in [5, 5.41) is 0.210. The van der Waals surface area contributed by atoms with Gasteiger partial charge in [-0.2, -0.15) is 0 Å². The maximum absolute atomic E-state index is 12.5. The first-order valence-corrected chi connectivity index (χ1v) is 9.53. The van der Waals surface area contributed by atoms with Crippen LogP contribution >= 0.6 is 23.4 Å². The highest BCUT2D eigenvalue weighted by Crippen LogP contribution is 2.32. The second kappa shape index (κ2) is 8.06. The first kappa shape index (κ1) is 18.0. The van der Waals surface area contributed by atoms with Gasteiger partial charge in [0.05, 0.1) is 4.91 Å². The molecule has 0 bridgehead atoms. The molecule has 0 unspecified atom stereocenters. The van der Waals surface area contributed by atoms with E-state index in [0.717, 1.165) is 47.9 Å². The second-order valence-corrected chi connectivity index (χ2v) is 7.54. The van der Waals surface area contributed by atoms with Gasteiger partial charge in [0.1, 0.15) is 6.54 Å². The number of imide groups is 1. The van der Waals surface area contributed by atoms with E-state index in [4.69, 9.17) is 11.6 Å². The Hall–Kier alpha value is -1.79. The van der Waals surface area contributed by atoms with Crippen LogP contribution in [0.5, 0.6) is 0 Å². The Labute approximate surface area is 156 Å². The van der Waals surface area contributed by atoms with E-state index < -0.39 is 11.1 Å². The lowest BCUT2D eigenvalue weighted by atomic mass is 10.2. The van der Waals surface area contributed by atoms with E-state index in [2.05, 4.69) is 0 Å². The number of hydrogen-bond acceptors (Lipinski definition) is 4. The summed E-state index contributed by atoms with van der Waals surface area (Å²) in [6, 6.07) is 7.00. The van der Waals surface area contributed by atoms with Crippen LogP contribution in [-0.4, -0.2) is 46.5 Å². The van der Waals surface area contributed by atoms with Gasteiger partial charge in [-0.1, -0.05) is 36.6 Å². The zero-order valence-corrected chi connectivity index (χ0v) is 15.3. The molecule has 0 aliphatic carbocycles. The molecule has 132 valence electrons. The van der Waals surface area contributed by atoms with Crippen molar-refractivity contribution in [1.29, 1.82) is 0 Å². The van der Waals surface area contributed by atoms with Crippen LogP contribution in [0, 0.1) is 0 Å². The number of carbonyl (C=O) groups excluding carboxylic acids is 3. The number of halogens is 1. The SMILES string of the molecule is O=C(CN1C(=O)S/C(=C/c2ccc(Cl)cc2)C1=O)N1CCCCCC1. The van der Waals surface area contributed by atoms with Gasteiger partial charge in [-0.15, -0.1) is 0 Å². The van der Waals surface area contributed by atoms with Gasteiger partial charge in [-0.25, -0.2) is 0 Å². The van der Waals surface area contributed by atoms with Crippen molar-refractivity contribution >= 4 is 46.5 Å². The van der Waals surface area contributed by atoms with E-state index in [9.17, 15) is 14.4 Å². The average Bonchev–Trinajstić information content (AvgIpc) is 2.80. The summed E-state index contributed by atoms with van der Waals surface area (Å²) in [4.78, 5) is 40.2. The number of likely N-dealkylation sites (tertiary alicyclic amines) is 1. The predicted octanol–water partition coefficient (Wildman–Crippen LogP) is 3.78. The second-order valence-electron chi connectivity index (χ2n) is 6.11. The van der Waals surface area contributed by atoms with Crippen LogP contribution in [-0.2, 0) is 9.59 Å². The summed E-state index contributed by atoms with van der Waals surface area (Å²) in [6.45, 7) is 1.23. The van der Waals surface area contributed by atoms with Gasteiger partial charge >= 0.3 is 0 Å². The minimum absolute atomic E-state index is 0.156. The third-order valence-electron chi connectivity index (χ3n) is 4.29. The fourth-order valence-corrected chi connectivity index (χ4v) is 3.87. The molecule has 0 spiro atoms. The first-order chi connectivity index (χ1) is 12.0. The van der Waals surface area contributed by atoms with E-state index >= 15 is 0 Å². The summed E-state index contributed by atoms with van der Waals surface area (Å²) in [5.74, 6) is -0.565. The van der Waals surface area contributed by atoms with Crippen LogP contribution in [0.4, 0.5) is 4.79 Å². The summed E-state index contributed by atoms with van der Waals surface area (Å²) < 4.78 is 0. The van der Waals surface area contributed by atoms with Crippen molar-refractivity contribution in [3.63, 3.8) is 0 Å². The normalized spacial score (nSPS) is 20.3. The third kappa shape index (κ3) is 4.44. The van der Waals surface area contributed by atoms with E-state index in [0.29, 0.717) is 23.0 Å². The van der Waals surface area contributed by atoms with E-state index in [1.54, 1.807) is 35.2 Å². The Kier molecular flexibility index (Phi) is 5.81. The number of nitrogens with zero attached hydrogens (tertiary/aromatic N) is 2. The topological polar surface area (TPSA) is 57.7 Å². The van der Waals surface area contributed by atoms with Crippen LogP contribution in [0.3, 0.4) is 0 Å². The molecule has 0 aromatic heterocycles. The lowest BCUT2D eigenvalue weighted by Gasteiger charge is -2.22. The molecule has 3 rings (SSSR count). The molecule has 2 fully saturated rings. The van der Waals surface area contributed by atoms with Crippen molar-refractivity contribution in [3.05, 3.63) is 39.8 Å². The Balaban J connectivity index is 1.68. The number of benzene rings is 1. The molecule has 25 heavy (non-hydrogen) atoms. The summed E-state index contributed by atoms with van der Waals surface area (Å²) >= 11 is 6.72. The van der Waals surface area contributed by atoms with E-state index in [-0.39, 0.29) is 12.5 Å². The highest BCUT2D eigenvalue weighted by Gasteiger charge is 2.37. The molecule has 1 aromatic rings. The monoisotopic (exact) mass is 378 g/mol. The van der Waals surface area contributed by atoms with Crippen LogP contribution in [0.2, 0.25) is 5.02 Å². The van der Waals surface area contributed by atoms with Gasteiger partial charge in [0, 0.05) is 18.1 Å². The zero-order valence-electron chi connectivity index (χ0n) is 13.7. The van der Waals surface area contributed by atoms with Crippen molar-refractivity contribution in [2.24, 2.45) is 0 Å². The largest absolute Gasteiger partial charge is 0.341 e. The molecule has 0 saturated carbocycles. The number of thioether (sulfide) groups is 1. The van der Waals surface area contributed by atoms with Crippen LogP contribution in [0.25, 0.3) is 6.08 Å². The van der Waals surface area contributed by atoms with E-state index in [1.807, 2.05) is 0 Å². The van der Waals surface area contributed by atoms with Crippen LogP contribution in [0.1, 0.15) is 31.2 Å². The summed E-state index contributed by atoms with van der Waals surface area (Å²) in [5.41, 5.74) is 0.786. The van der Waals surface area contributed by atoms with Crippen molar-refractivity contribution in [1.82, 2.24) is 9.80 Å². The molecule has 7 heteroatoms. The highest BCUT2D eigenvalue weighted by atomic mass is 35.5. The fourth-order valence-electron chi connectivity index (χ4n) is 2.90. The van der Waals surface area contributed by atoms with Gasteiger partial charge in [-0.05, 0) is 48.4 Å². The lowest BCUT2D eigenvalue weighted by Crippen LogP contribution is -2.42. The molecule has 0 atom stereocenters. The minimum atomic E-state index is -0.409. The van der Waals surface area contributed by atoms with Crippen molar-refractivity contribution in [2.45, 2.75) is 25.7 Å². The summed E-state index contributed by atoms with van der Waals surface area (Å²) in [7, 11) is 0. The number of hydrogen-bond donors (Lipinski definition) is 0. The first-order valence-electron chi connectivity index (χ1n) is 8.33. The van der Waals surface area contributed by atoms with Crippen LogP contribution in [0.15, 0.2) is 29.2 Å². The molecule has 0 radical (unpaired) electrons. The van der Waals surface area contributed by atoms with Gasteiger partial charge in [0.25, 0.3) is 11.1 Å². The molecule has 3 amide bonds. The zero-order chi connectivity index (χ0) is 17.8. The standard InChI is InChI=1S/C18H19ClN2O3S/c19-14-7-5-13(6-8-14)11-15-17(23)21(18(24)25-15)12-16(22)20-9-3-1-2-4-10-20/h5-8,11H,1-4,9-10,12H2/b15-11+. The number of carbonyl (C=O) groups is 3. The Morgan fingerprint density at radius 1 is 1.08 bits per heavy atom. The van der Waals surface area contributed by atoms with Gasteiger partial charge in [-0.3, -0.25) is 19.3 Å². The predicted molar refractivity (Wildman–Crippen MR) is 99.2 cm³/mol. The molecule has 5 nitrogen and oxygen atoms in total. The smallest absolute Gasteiger partial charge is 0.294 e. The van der Waals surface area contributed by atoms with Crippen molar-refractivity contribution < 1.29 is 14.4 Å². The molecular weight excluding hydrogens is 360 g/mol. The van der Waals surface area contributed by atoms with E-state index in [1.165, 1.54) is 0 Å². The average molecular weight is 379 g/mol. The minimum Gasteiger partial charge on any atom is -0.341 e. The molecule has 2 aliphatic rings. The Bertz CT molecular complexity index is 710. The molecule has 1 aromatic carbocycles. The maximum atomic E-state index is 12.5. The van der Waals surface area contributed by atoms with Crippen molar-refractivity contribution in [2.75, 3.05) is 19.6 Å². The molecule has 2 aliphatic heterocycles. The molecule has 2 heterocycles. The Morgan fingerprint density at radius 2 is 1.72 bits per heavy atom. The third-order valence-corrected chi connectivity index (χ3v) is 5.45. The molecule has 2 saturated heterocycles. The molecule has 0 N–H and O–H groups in total. The van der Waals surface area contributed by atoms with Gasteiger partial charge in [0.15, 0.2) is 0 Å². The van der Waals surface area contributed by atoms with Crippen molar-refractivity contribution in [3.8, 4) is 0 Å². The fraction of sp³-hybridized carbons (Fsp3) is 0.389. The highest BCUT2D eigenvalue weighted by molar-refractivity contribution is 8.18. The number of rotatable bonds is 3. The Morgan fingerprint density at radius 3 is 2.36 bits per heavy atom. The van der Waals surface area contributed by atoms with Gasteiger partial charge < -0.3 is 4.90 Å². The maximum Gasteiger partial charge on any atom is 0.294 e. The van der Waals surface area contributed by atoms with Gasteiger partial charge in [0.2, 0.25) is 5.91 Å². The lowest BCUT2D eigenvalue weighted by molar-refractivity contribution is -0.135. The molecular formula is C18H19ClN2O3S. The van der Waals surface area contributed by atoms with Crippen LogP contribution < -0.4 is 0 Å². The number of amides is 3.